The normalized spacial score (nSPS) is 15.8. The van der Waals surface area contributed by atoms with Crippen molar-refractivity contribution in [2.75, 3.05) is 25.0 Å². The maximum atomic E-state index is 12.4. The van der Waals surface area contributed by atoms with E-state index in [-0.39, 0.29) is 12.0 Å². The molecule has 2 aromatic carbocycles. The molecule has 4 heteroatoms. The summed E-state index contributed by atoms with van der Waals surface area (Å²) in [5, 5.41) is 3.06. The maximum absolute atomic E-state index is 12.4. The third kappa shape index (κ3) is 4.83. The van der Waals surface area contributed by atoms with E-state index in [1.54, 1.807) is 0 Å². The summed E-state index contributed by atoms with van der Waals surface area (Å²) >= 11 is 0. The number of carbonyl (C=O) groups excluding carboxylic acids is 1. The van der Waals surface area contributed by atoms with Gasteiger partial charge in [0.05, 0.1) is 6.54 Å². The van der Waals surface area contributed by atoms with Crippen LogP contribution in [0.2, 0.25) is 0 Å². The molecule has 0 bridgehead atoms. The van der Waals surface area contributed by atoms with Gasteiger partial charge in [0.15, 0.2) is 0 Å². The van der Waals surface area contributed by atoms with Crippen molar-refractivity contribution in [3.8, 4) is 5.75 Å². The molecule has 1 amide bonds. The number of nitrogens with one attached hydrogen (secondary N) is 1. The number of para-hydroxylation sites is 2. The van der Waals surface area contributed by atoms with Crippen LogP contribution in [0, 0.1) is 13.8 Å². The first-order valence-corrected chi connectivity index (χ1v) is 8.92. The Morgan fingerprint density at radius 2 is 1.68 bits per heavy atom. The number of anilines is 1. The molecular weight excluding hydrogens is 312 g/mol. The van der Waals surface area contributed by atoms with Gasteiger partial charge in [-0.3, -0.25) is 9.69 Å². The van der Waals surface area contributed by atoms with E-state index in [1.165, 1.54) is 0 Å². The minimum Gasteiger partial charge on any atom is -0.490 e. The third-order valence-electron chi connectivity index (χ3n) is 4.69. The summed E-state index contributed by atoms with van der Waals surface area (Å²) < 4.78 is 6.01. The van der Waals surface area contributed by atoms with Crippen LogP contribution in [0.1, 0.15) is 24.0 Å². The van der Waals surface area contributed by atoms with Crippen LogP contribution in [0.3, 0.4) is 0 Å². The molecule has 1 fully saturated rings. The van der Waals surface area contributed by atoms with Crippen LogP contribution in [0.5, 0.6) is 5.75 Å². The van der Waals surface area contributed by atoms with E-state index in [0.717, 1.165) is 48.5 Å². The van der Waals surface area contributed by atoms with Gasteiger partial charge in [-0.2, -0.15) is 0 Å². The summed E-state index contributed by atoms with van der Waals surface area (Å²) in [5.41, 5.74) is 3.14. The molecule has 3 rings (SSSR count). The molecule has 132 valence electrons. The van der Waals surface area contributed by atoms with Gasteiger partial charge in [0.25, 0.3) is 0 Å². The summed E-state index contributed by atoms with van der Waals surface area (Å²) in [7, 11) is 0. The molecule has 25 heavy (non-hydrogen) atoms. The highest BCUT2D eigenvalue weighted by molar-refractivity contribution is 5.93. The molecule has 1 saturated heterocycles. The topological polar surface area (TPSA) is 41.6 Å². The Hall–Kier alpha value is -2.33. The zero-order chi connectivity index (χ0) is 17.6. The quantitative estimate of drug-likeness (QED) is 0.902. The summed E-state index contributed by atoms with van der Waals surface area (Å²) in [4.78, 5) is 14.6. The van der Waals surface area contributed by atoms with E-state index in [4.69, 9.17) is 4.74 Å². The molecule has 1 N–H and O–H groups in total. The molecule has 0 saturated carbocycles. The molecular formula is C21H26N2O2. The van der Waals surface area contributed by atoms with Crippen molar-refractivity contribution >= 4 is 11.6 Å². The average Bonchev–Trinajstić information content (AvgIpc) is 2.61. The van der Waals surface area contributed by atoms with Crippen LogP contribution in [0.4, 0.5) is 5.69 Å². The number of amides is 1. The Morgan fingerprint density at radius 1 is 1.04 bits per heavy atom. The number of ether oxygens (including phenoxy) is 1. The number of benzene rings is 2. The monoisotopic (exact) mass is 338 g/mol. The number of hydrogen-bond donors (Lipinski definition) is 1. The Labute approximate surface area is 149 Å². The lowest BCUT2D eigenvalue weighted by Gasteiger charge is -2.31. The first-order chi connectivity index (χ1) is 12.1. The Bertz CT molecular complexity index is 687. The van der Waals surface area contributed by atoms with Crippen molar-refractivity contribution in [3.05, 3.63) is 59.7 Å². The summed E-state index contributed by atoms with van der Waals surface area (Å²) in [6.07, 6.45) is 2.14. The van der Waals surface area contributed by atoms with Crippen LogP contribution in [-0.4, -0.2) is 36.5 Å². The van der Waals surface area contributed by atoms with Gasteiger partial charge in [-0.15, -0.1) is 0 Å². The van der Waals surface area contributed by atoms with Crippen molar-refractivity contribution in [2.24, 2.45) is 0 Å². The first-order valence-electron chi connectivity index (χ1n) is 8.92. The number of carbonyl (C=O) groups is 1. The third-order valence-corrected chi connectivity index (χ3v) is 4.69. The van der Waals surface area contributed by atoms with E-state index in [0.29, 0.717) is 6.54 Å². The van der Waals surface area contributed by atoms with Gasteiger partial charge in [0.2, 0.25) is 5.91 Å². The van der Waals surface area contributed by atoms with Crippen LogP contribution in [0.15, 0.2) is 48.5 Å². The van der Waals surface area contributed by atoms with Gasteiger partial charge < -0.3 is 10.1 Å². The smallest absolute Gasteiger partial charge is 0.238 e. The lowest BCUT2D eigenvalue weighted by atomic mass is 10.1. The van der Waals surface area contributed by atoms with Gasteiger partial charge in [-0.1, -0.05) is 36.4 Å². The molecule has 1 aliphatic rings. The summed E-state index contributed by atoms with van der Waals surface area (Å²) in [6.45, 7) is 6.26. The van der Waals surface area contributed by atoms with E-state index >= 15 is 0 Å². The fraction of sp³-hybridized carbons (Fsp3) is 0.381. The van der Waals surface area contributed by atoms with Gasteiger partial charge in [-0.25, -0.2) is 0 Å². The van der Waals surface area contributed by atoms with Crippen molar-refractivity contribution in [1.29, 1.82) is 0 Å². The lowest BCUT2D eigenvalue weighted by Crippen LogP contribution is -2.42. The molecule has 1 heterocycles. The molecule has 2 aromatic rings. The molecule has 0 atom stereocenters. The minimum atomic E-state index is 0.0554. The molecule has 0 unspecified atom stereocenters. The second-order valence-corrected chi connectivity index (χ2v) is 6.72. The average molecular weight is 338 g/mol. The summed E-state index contributed by atoms with van der Waals surface area (Å²) in [5.74, 6) is 0.980. The Morgan fingerprint density at radius 3 is 2.32 bits per heavy atom. The molecule has 0 aliphatic carbocycles. The second-order valence-electron chi connectivity index (χ2n) is 6.72. The van der Waals surface area contributed by atoms with Crippen LogP contribution >= 0.6 is 0 Å². The van der Waals surface area contributed by atoms with E-state index < -0.39 is 0 Å². The Balaban J connectivity index is 1.46. The summed E-state index contributed by atoms with van der Waals surface area (Å²) in [6, 6.07) is 16.0. The van der Waals surface area contributed by atoms with Crippen molar-refractivity contribution < 1.29 is 9.53 Å². The van der Waals surface area contributed by atoms with Crippen molar-refractivity contribution in [3.63, 3.8) is 0 Å². The fourth-order valence-electron chi connectivity index (χ4n) is 3.27. The van der Waals surface area contributed by atoms with Crippen molar-refractivity contribution in [2.45, 2.75) is 32.8 Å². The predicted molar refractivity (Wildman–Crippen MR) is 101 cm³/mol. The van der Waals surface area contributed by atoms with E-state index in [9.17, 15) is 4.79 Å². The van der Waals surface area contributed by atoms with Crippen LogP contribution < -0.4 is 10.1 Å². The molecule has 0 radical (unpaired) electrons. The Kier molecular flexibility index (Phi) is 5.71. The highest BCUT2D eigenvalue weighted by Crippen LogP contribution is 2.21. The minimum absolute atomic E-state index is 0.0554. The second kappa shape index (κ2) is 8.17. The van der Waals surface area contributed by atoms with E-state index in [1.807, 2.05) is 62.4 Å². The zero-order valence-corrected chi connectivity index (χ0v) is 15.0. The maximum Gasteiger partial charge on any atom is 0.238 e. The molecule has 4 nitrogen and oxygen atoms in total. The number of piperidine rings is 1. The number of nitrogens with zero attached hydrogens (tertiary/aromatic N) is 1. The standard InChI is InChI=1S/C21H26N2O2/c1-16-7-6-8-17(2)21(16)22-20(24)15-23-13-11-19(12-14-23)25-18-9-4-3-5-10-18/h3-10,19H,11-15H2,1-2H3,(H,22,24). The van der Waals surface area contributed by atoms with Gasteiger partial charge in [0.1, 0.15) is 11.9 Å². The first kappa shape index (κ1) is 17.5. The lowest BCUT2D eigenvalue weighted by molar-refractivity contribution is -0.117. The number of aryl methyl sites for hydroxylation is 2. The van der Waals surface area contributed by atoms with E-state index in [2.05, 4.69) is 10.2 Å². The fourth-order valence-corrected chi connectivity index (χ4v) is 3.27. The number of rotatable bonds is 5. The molecule has 1 aliphatic heterocycles. The van der Waals surface area contributed by atoms with Gasteiger partial charge in [-0.05, 0) is 49.9 Å². The van der Waals surface area contributed by atoms with Crippen LogP contribution in [0.25, 0.3) is 0 Å². The SMILES string of the molecule is Cc1cccc(C)c1NC(=O)CN1CCC(Oc2ccccc2)CC1. The highest BCUT2D eigenvalue weighted by Gasteiger charge is 2.22. The largest absolute Gasteiger partial charge is 0.490 e. The molecule has 0 aromatic heterocycles. The number of likely N-dealkylation sites (tertiary alicyclic amines) is 1. The highest BCUT2D eigenvalue weighted by atomic mass is 16.5. The predicted octanol–water partition coefficient (Wildman–Crippen LogP) is 3.79. The van der Waals surface area contributed by atoms with Gasteiger partial charge >= 0.3 is 0 Å². The molecule has 0 spiro atoms. The van der Waals surface area contributed by atoms with Crippen LogP contribution in [-0.2, 0) is 4.79 Å². The van der Waals surface area contributed by atoms with Gasteiger partial charge in [0, 0.05) is 18.8 Å². The number of hydrogen-bond acceptors (Lipinski definition) is 3. The zero-order valence-electron chi connectivity index (χ0n) is 15.0. The van der Waals surface area contributed by atoms with Crippen molar-refractivity contribution in [1.82, 2.24) is 4.90 Å².